The summed E-state index contributed by atoms with van der Waals surface area (Å²) in [6, 6.07) is 10.5. The normalized spacial score (nSPS) is 27.2. The molecular formula is C25H31IN2O4. The van der Waals surface area contributed by atoms with Crippen LogP contribution in [0.4, 0.5) is 5.69 Å². The van der Waals surface area contributed by atoms with Gasteiger partial charge in [-0.05, 0) is 49.7 Å². The molecule has 0 saturated carbocycles. The summed E-state index contributed by atoms with van der Waals surface area (Å²) in [5, 5.41) is 0. The Morgan fingerprint density at radius 1 is 1.28 bits per heavy atom. The minimum Gasteiger partial charge on any atom is -1.00 e. The quantitative estimate of drug-likeness (QED) is 0.322. The molecule has 32 heavy (non-hydrogen) atoms. The minimum atomic E-state index is -0.289. The van der Waals surface area contributed by atoms with Crippen molar-refractivity contribution in [1.82, 2.24) is 0 Å². The molecule has 3 heterocycles. The maximum Gasteiger partial charge on any atom is 0.315 e. The second-order valence-corrected chi connectivity index (χ2v) is 9.20. The lowest BCUT2D eigenvalue weighted by Crippen LogP contribution is -3.00. The highest BCUT2D eigenvalue weighted by molar-refractivity contribution is 5.87. The van der Waals surface area contributed by atoms with E-state index in [1.807, 2.05) is 13.0 Å². The number of anilines is 1. The predicted octanol–water partition coefficient (Wildman–Crippen LogP) is 0.778. The molecule has 3 aliphatic rings. The van der Waals surface area contributed by atoms with Crippen LogP contribution in [0.2, 0.25) is 0 Å². The molecule has 4 unspecified atom stereocenters. The van der Waals surface area contributed by atoms with Gasteiger partial charge in [-0.2, -0.15) is 0 Å². The van der Waals surface area contributed by atoms with Gasteiger partial charge in [0.15, 0.2) is 0 Å². The summed E-state index contributed by atoms with van der Waals surface area (Å²) >= 11 is 0. The number of rotatable bonds is 3. The van der Waals surface area contributed by atoms with E-state index in [0.29, 0.717) is 6.61 Å². The second kappa shape index (κ2) is 8.41. The van der Waals surface area contributed by atoms with Crippen LogP contribution < -0.4 is 38.4 Å². The number of benzene rings is 2. The zero-order valence-electron chi connectivity index (χ0n) is 19.4. The number of hydrogen-bond donors (Lipinski definition) is 0. The number of quaternary nitrogens is 1. The number of halogens is 1. The fourth-order valence-corrected chi connectivity index (χ4v) is 5.62. The van der Waals surface area contributed by atoms with Gasteiger partial charge in [0.2, 0.25) is 0 Å². The molecule has 2 aromatic carbocycles. The molecule has 0 amide bonds. The van der Waals surface area contributed by atoms with Crippen molar-refractivity contribution in [2.45, 2.75) is 45.0 Å². The highest BCUT2D eigenvalue weighted by Crippen LogP contribution is 2.51. The number of hydrogen-bond acceptors (Lipinski definition) is 5. The third kappa shape index (κ3) is 3.36. The zero-order valence-corrected chi connectivity index (χ0v) is 21.5. The maximum absolute atomic E-state index is 12.9. The van der Waals surface area contributed by atoms with Crippen molar-refractivity contribution in [2.75, 3.05) is 39.3 Å². The van der Waals surface area contributed by atoms with Gasteiger partial charge in [0.1, 0.15) is 24.0 Å². The number of fused-ring (bicyclic) bond motifs is 6. The third-order valence-electron chi connectivity index (χ3n) is 7.45. The molecule has 0 N–H and O–H groups in total. The topological polar surface area (TPSA) is 48.0 Å². The van der Waals surface area contributed by atoms with Gasteiger partial charge in [0.25, 0.3) is 6.23 Å². The van der Waals surface area contributed by atoms with E-state index < -0.39 is 0 Å². The summed E-state index contributed by atoms with van der Waals surface area (Å²) in [5.74, 6) is 1.34. The Bertz CT molecular complexity index is 1060. The van der Waals surface area contributed by atoms with Crippen LogP contribution in [-0.4, -0.2) is 50.9 Å². The molecule has 0 fully saturated rings. The molecule has 6 nitrogen and oxygen atoms in total. The lowest BCUT2D eigenvalue weighted by Gasteiger charge is -2.48. The summed E-state index contributed by atoms with van der Waals surface area (Å²) in [6.45, 7) is 6.17. The Morgan fingerprint density at radius 2 is 2.06 bits per heavy atom. The van der Waals surface area contributed by atoms with Crippen LogP contribution >= 0.6 is 0 Å². The van der Waals surface area contributed by atoms with Crippen LogP contribution in [0, 0.1) is 0 Å². The van der Waals surface area contributed by atoms with Crippen LogP contribution in [0.15, 0.2) is 30.3 Å². The number of ether oxygens (including phenoxy) is 3. The van der Waals surface area contributed by atoms with Gasteiger partial charge in [-0.25, -0.2) is 0 Å². The van der Waals surface area contributed by atoms with E-state index in [1.165, 1.54) is 11.1 Å². The Kier molecular flexibility index (Phi) is 6.09. The van der Waals surface area contributed by atoms with Crippen LogP contribution in [0.3, 0.4) is 0 Å². The predicted molar refractivity (Wildman–Crippen MR) is 119 cm³/mol. The second-order valence-electron chi connectivity index (χ2n) is 9.20. The number of nitrogens with zero attached hydrogens (tertiary/aromatic N) is 2. The first-order valence-electron chi connectivity index (χ1n) is 11.1. The molecule has 172 valence electrons. The maximum atomic E-state index is 12.9. The number of esters is 1. The monoisotopic (exact) mass is 550 g/mol. The Hall–Kier alpha value is -2.00. The van der Waals surface area contributed by atoms with Crippen molar-refractivity contribution in [3.63, 3.8) is 0 Å². The minimum absolute atomic E-state index is 0. The lowest BCUT2D eigenvalue weighted by atomic mass is 9.88. The van der Waals surface area contributed by atoms with Crippen molar-refractivity contribution < 1.29 is 47.5 Å². The summed E-state index contributed by atoms with van der Waals surface area (Å²) in [7, 11) is 6.03. The van der Waals surface area contributed by atoms with Gasteiger partial charge in [0.05, 0.1) is 38.4 Å². The molecule has 0 saturated heterocycles. The van der Waals surface area contributed by atoms with Crippen LogP contribution in [0.25, 0.3) is 0 Å². The van der Waals surface area contributed by atoms with E-state index in [0.717, 1.165) is 52.3 Å². The van der Waals surface area contributed by atoms with Gasteiger partial charge in [-0.3, -0.25) is 9.28 Å². The summed E-state index contributed by atoms with van der Waals surface area (Å²) in [4.78, 5) is 15.1. The first kappa shape index (κ1) is 23.2. The summed E-state index contributed by atoms with van der Waals surface area (Å²) in [6.07, 6.45) is 0.919. The van der Waals surface area contributed by atoms with Gasteiger partial charge in [0, 0.05) is 30.8 Å². The molecule has 0 bridgehead atoms. The van der Waals surface area contributed by atoms with E-state index >= 15 is 0 Å². The highest BCUT2D eigenvalue weighted by atomic mass is 127. The van der Waals surface area contributed by atoms with Gasteiger partial charge in [-0.1, -0.05) is 0 Å². The van der Waals surface area contributed by atoms with Crippen molar-refractivity contribution >= 4 is 11.7 Å². The van der Waals surface area contributed by atoms with Crippen molar-refractivity contribution in [3.8, 4) is 11.5 Å². The average molecular weight is 550 g/mol. The fraction of sp³-hybridized carbons (Fsp3) is 0.480. The lowest BCUT2D eigenvalue weighted by molar-refractivity contribution is -0.975. The van der Waals surface area contributed by atoms with Gasteiger partial charge in [-0.15, -0.1) is 0 Å². The fourth-order valence-electron chi connectivity index (χ4n) is 5.62. The van der Waals surface area contributed by atoms with E-state index in [2.05, 4.69) is 50.2 Å². The number of carbonyl (C=O) groups excluding carboxylic acids is 1. The SMILES string of the molecule is CCOC(=O)C1c2c(ccc3c2C[N+]2(C)CCc4cc(OC)ccc4C2O3)N(C)C1C.[I-]. The van der Waals surface area contributed by atoms with Gasteiger partial charge >= 0.3 is 5.97 Å². The molecular weight excluding hydrogens is 519 g/mol. The molecule has 2 aromatic rings. The van der Waals surface area contributed by atoms with Crippen LogP contribution in [-0.2, 0) is 22.5 Å². The highest BCUT2D eigenvalue weighted by Gasteiger charge is 2.49. The molecule has 3 aliphatic heterocycles. The van der Waals surface area contributed by atoms with E-state index in [-0.39, 0.29) is 48.1 Å². The third-order valence-corrected chi connectivity index (χ3v) is 7.45. The Labute approximate surface area is 207 Å². The largest absolute Gasteiger partial charge is 1.00 e. The van der Waals surface area contributed by atoms with Crippen molar-refractivity contribution in [3.05, 3.63) is 52.6 Å². The molecule has 0 radical (unpaired) electrons. The smallest absolute Gasteiger partial charge is 0.315 e. The van der Waals surface area contributed by atoms with Crippen molar-refractivity contribution in [2.24, 2.45) is 0 Å². The van der Waals surface area contributed by atoms with Crippen LogP contribution in [0.1, 0.15) is 48.2 Å². The van der Waals surface area contributed by atoms with Crippen LogP contribution in [0.5, 0.6) is 11.5 Å². The molecule has 7 heteroatoms. The average Bonchev–Trinajstić information content (AvgIpc) is 3.02. The molecule has 0 aromatic heterocycles. The summed E-state index contributed by atoms with van der Waals surface area (Å²) in [5.41, 5.74) is 5.88. The first-order chi connectivity index (χ1) is 14.9. The molecule has 0 spiro atoms. The number of likely N-dealkylation sites (N-methyl/N-ethyl adjacent to an activating group) is 2. The standard InChI is InChI=1S/C25H31N2O4.HI/c1-6-30-25(28)22-15(2)26(3)20-9-10-21-19(23(20)22)14-27(4)12-11-16-13-17(29-5)7-8-18(16)24(27)31-21;/h7-10,13,15,22,24H,6,11-12,14H2,1-5H3;1H/q+1;/p-1. The summed E-state index contributed by atoms with van der Waals surface area (Å²) < 4.78 is 18.4. The Balaban J connectivity index is 0.00000245. The van der Waals surface area contributed by atoms with Crippen molar-refractivity contribution in [1.29, 1.82) is 0 Å². The first-order valence-corrected chi connectivity index (χ1v) is 11.1. The van der Waals surface area contributed by atoms with E-state index in [4.69, 9.17) is 14.2 Å². The number of carbonyl (C=O) groups is 1. The molecule has 0 aliphatic carbocycles. The van der Waals surface area contributed by atoms with Gasteiger partial charge < -0.3 is 43.1 Å². The Morgan fingerprint density at radius 3 is 2.78 bits per heavy atom. The molecule has 4 atom stereocenters. The van der Waals surface area contributed by atoms with E-state index in [1.54, 1.807) is 7.11 Å². The van der Waals surface area contributed by atoms with E-state index in [9.17, 15) is 4.79 Å². The molecule has 5 rings (SSSR count). The number of methoxy groups -OCH3 is 1. The zero-order chi connectivity index (χ0) is 21.9.